The number of carbonyl (C=O) groups is 3. The molecule has 0 aliphatic carbocycles. The normalized spacial score (nSPS) is 17.3. The number of carbonyl (C=O) groups excluding carboxylic acids is 3. The van der Waals surface area contributed by atoms with Crippen LogP contribution in [-0.4, -0.2) is 28.2 Å². The van der Waals surface area contributed by atoms with Crippen LogP contribution in [0.3, 0.4) is 0 Å². The topological polar surface area (TPSA) is 96.9 Å². The van der Waals surface area contributed by atoms with E-state index in [1.54, 1.807) is 18.2 Å². The predicted octanol–water partition coefficient (Wildman–Crippen LogP) is 3.17. The van der Waals surface area contributed by atoms with Crippen LogP contribution >= 0.6 is 11.8 Å². The summed E-state index contributed by atoms with van der Waals surface area (Å²) in [7, 11) is 0. The second-order valence-electron chi connectivity index (χ2n) is 6.19. The molecule has 1 saturated heterocycles. The lowest BCUT2D eigenvalue weighted by Gasteiger charge is -2.12. The lowest BCUT2D eigenvalue weighted by Crippen LogP contribution is -2.28. The summed E-state index contributed by atoms with van der Waals surface area (Å²) in [6, 6.07) is 14.4. The van der Waals surface area contributed by atoms with Gasteiger partial charge >= 0.3 is 5.97 Å². The number of hydrogen-bond acceptors (Lipinski definition) is 6. The number of aryl methyl sites for hydroxylation is 1. The number of anilines is 1. The maximum absolute atomic E-state index is 12.4. The zero-order valence-corrected chi connectivity index (χ0v) is 16.2. The highest BCUT2D eigenvalue weighted by Crippen LogP contribution is 2.28. The van der Waals surface area contributed by atoms with Crippen molar-refractivity contribution in [2.24, 2.45) is 4.99 Å². The van der Waals surface area contributed by atoms with Gasteiger partial charge in [0.05, 0.1) is 11.4 Å². The van der Waals surface area contributed by atoms with Gasteiger partial charge in [0.25, 0.3) is 0 Å². The molecule has 8 heteroatoms. The summed E-state index contributed by atoms with van der Waals surface area (Å²) in [5, 5.41) is 5.30. The smallest absolute Gasteiger partial charge is 0.308 e. The third-order valence-corrected chi connectivity index (χ3v) is 4.88. The fourth-order valence-electron chi connectivity index (χ4n) is 2.57. The quantitative estimate of drug-likeness (QED) is 0.597. The van der Waals surface area contributed by atoms with Gasteiger partial charge in [-0.2, -0.15) is 0 Å². The van der Waals surface area contributed by atoms with Crippen LogP contribution in [-0.2, 0) is 14.4 Å². The van der Waals surface area contributed by atoms with Crippen molar-refractivity contribution in [2.45, 2.75) is 25.5 Å². The molecule has 28 heavy (non-hydrogen) atoms. The summed E-state index contributed by atoms with van der Waals surface area (Å²) in [6.07, 6.45) is -0.0300. The van der Waals surface area contributed by atoms with Gasteiger partial charge in [-0.05, 0) is 36.8 Å². The molecule has 0 radical (unpaired) electrons. The van der Waals surface area contributed by atoms with E-state index in [4.69, 9.17) is 4.74 Å². The SMILES string of the molecule is CC(=O)Oc1ccc(C)cc1NC(=O)CC1SC(=Nc2ccccc2)NC1=O. The Labute approximate surface area is 166 Å². The highest BCUT2D eigenvalue weighted by molar-refractivity contribution is 8.15. The Bertz CT molecular complexity index is 944. The molecule has 1 unspecified atom stereocenters. The van der Waals surface area contributed by atoms with Crippen molar-refractivity contribution in [3.05, 3.63) is 54.1 Å². The molecule has 1 heterocycles. The van der Waals surface area contributed by atoms with Gasteiger partial charge in [0, 0.05) is 13.3 Å². The van der Waals surface area contributed by atoms with Crippen molar-refractivity contribution in [1.82, 2.24) is 5.32 Å². The van der Waals surface area contributed by atoms with Crippen molar-refractivity contribution in [2.75, 3.05) is 5.32 Å². The largest absolute Gasteiger partial charge is 0.424 e. The predicted molar refractivity (Wildman–Crippen MR) is 109 cm³/mol. The number of ether oxygens (including phenoxy) is 1. The zero-order chi connectivity index (χ0) is 20.1. The Morgan fingerprint density at radius 3 is 2.68 bits per heavy atom. The van der Waals surface area contributed by atoms with Gasteiger partial charge in [-0.3, -0.25) is 14.4 Å². The van der Waals surface area contributed by atoms with Crippen molar-refractivity contribution in [1.29, 1.82) is 0 Å². The zero-order valence-electron chi connectivity index (χ0n) is 15.4. The first kappa shape index (κ1) is 19.6. The number of thioether (sulfide) groups is 1. The van der Waals surface area contributed by atoms with Crippen molar-refractivity contribution < 1.29 is 19.1 Å². The lowest BCUT2D eigenvalue weighted by molar-refractivity contribution is -0.132. The van der Waals surface area contributed by atoms with E-state index in [0.717, 1.165) is 11.3 Å². The van der Waals surface area contributed by atoms with Gasteiger partial charge in [0.2, 0.25) is 11.8 Å². The summed E-state index contributed by atoms with van der Waals surface area (Å²) < 4.78 is 5.12. The molecule has 1 aliphatic heterocycles. The Kier molecular flexibility index (Phi) is 6.10. The number of nitrogens with one attached hydrogen (secondary N) is 2. The molecule has 3 rings (SSSR count). The second-order valence-corrected chi connectivity index (χ2v) is 7.39. The molecule has 144 valence electrons. The second kappa shape index (κ2) is 8.71. The summed E-state index contributed by atoms with van der Waals surface area (Å²) >= 11 is 1.21. The molecule has 0 saturated carbocycles. The van der Waals surface area contributed by atoms with Crippen molar-refractivity contribution in [3.63, 3.8) is 0 Å². The van der Waals surface area contributed by atoms with Gasteiger partial charge in [0.1, 0.15) is 5.25 Å². The van der Waals surface area contributed by atoms with E-state index >= 15 is 0 Å². The molecule has 0 spiro atoms. The van der Waals surface area contributed by atoms with Gasteiger partial charge in [-0.25, -0.2) is 4.99 Å². The monoisotopic (exact) mass is 397 g/mol. The molecule has 2 amide bonds. The Morgan fingerprint density at radius 1 is 1.21 bits per heavy atom. The fourth-order valence-corrected chi connectivity index (χ4v) is 3.55. The van der Waals surface area contributed by atoms with E-state index in [1.165, 1.54) is 18.7 Å². The van der Waals surface area contributed by atoms with Crippen molar-refractivity contribution >= 4 is 46.1 Å². The molecular weight excluding hydrogens is 378 g/mol. The number of rotatable bonds is 5. The highest BCUT2D eigenvalue weighted by Gasteiger charge is 2.32. The first-order chi connectivity index (χ1) is 13.4. The Balaban J connectivity index is 1.65. The number of benzene rings is 2. The summed E-state index contributed by atoms with van der Waals surface area (Å²) in [5.74, 6) is -0.833. The van der Waals surface area contributed by atoms with Crippen LogP contribution in [0, 0.1) is 6.92 Å². The van der Waals surface area contributed by atoms with Crippen LogP contribution in [0.1, 0.15) is 18.9 Å². The van der Waals surface area contributed by atoms with Gasteiger partial charge in [-0.15, -0.1) is 0 Å². The Hall–Kier alpha value is -3.13. The molecular formula is C20H19N3O4S. The average Bonchev–Trinajstić information content (AvgIpc) is 2.96. The summed E-state index contributed by atoms with van der Waals surface area (Å²) in [6.45, 7) is 3.15. The third kappa shape index (κ3) is 5.20. The van der Waals surface area contributed by atoms with Gasteiger partial charge in [0.15, 0.2) is 10.9 Å². The first-order valence-electron chi connectivity index (χ1n) is 8.61. The van der Waals surface area contributed by atoms with Gasteiger partial charge < -0.3 is 15.4 Å². The molecule has 2 aromatic rings. The molecule has 0 aromatic heterocycles. The lowest BCUT2D eigenvalue weighted by atomic mass is 10.2. The number of amides is 2. The third-order valence-electron chi connectivity index (χ3n) is 3.80. The number of esters is 1. The number of para-hydroxylation sites is 1. The van der Waals surface area contributed by atoms with Crippen LogP contribution in [0.15, 0.2) is 53.5 Å². The molecule has 1 atom stereocenters. The fraction of sp³-hybridized carbons (Fsp3) is 0.200. The molecule has 1 aliphatic rings. The molecule has 2 aromatic carbocycles. The van der Waals surface area contributed by atoms with Crippen LogP contribution in [0.25, 0.3) is 0 Å². The molecule has 2 N–H and O–H groups in total. The summed E-state index contributed by atoms with van der Waals surface area (Å²) in [5.41, 5.74) is 2.01. The van der Waals surface area contributed by atoms with E-state index in [0.29, 0.717) is 10.9 Å². The minimum Gasteiger partial charge on any atom is -0.424 e. The minimum atomic E-state index is -0.579. The molecule has 0 bridgehead atoms. The number of amidine groups is 1. The van der Waals surface area contributed by atoms with E-state index in [9.17, 15) is 14.4 Å². The average molecular weight is 397 g/mol. The number of hydrogen-bond donors (Lipinski definition) is 2. The van der Waals surface area contributed by atoms with Gasteiger partial charge in [-0.1, -0.05) is 36.0 Å². The standard InChI is InChI=1S/C20H19N3O4S/c1-12-8-9-16(27-13(2)24)15(10-12)22-18(25)11-17-19(26)23-20(28-17)21-14-6-4-3-5-7-14/h3-10,17H,11H2,1-2H3,(H,22,25)(H,21,23,26). The maximum Gasteiger partial charge on any atom is 0.308 e. The number of aliphatic imine (C=N–C) groups is 1. The molecule has 1 fully saturated rings. The van der Waals surface area contributed by atoms with Crippen molar-refractivity contribution in [3.8, 4) is 5.75 Å². The van der Waals surface area contributed by atoms with E-state index in [1.807, 2.05) is 37.3 Å². The first-order valence-corrected chi connectivity index (χ1v) is 9.49. The molecule has 7 nitrogen and oxygen atoms in total. The van der Waals surface area contributed by atoms with Crippen LogP contribution < -0.4 is 15.4 Å². The summed E-state index contributed by atoms with van der Waals surface area (Å²) in [4.78, 5) is 40.2. The number of nitrogens with zero attached hydrogens (tertiary/aromatic N) is 1. The van der Waals surface area contributed by atoms with E-state index in [2.05, 4.69) is 15.6 Å². The Morgan fingerprint density at radius 2 is 1.96 bits per heavy atom. The highest BCUT2D eigenvalue weighted by atomic mass is 32.2. The van der Waals surface area contributed by atoms with E-state index in [-0.39, 0.29) is 24.0 Å². The van der Waals surface area contributed by atoms with Crippen LogP contribution in [0.5, 0.6) is 5.75 Å². The van der Waals surface area contributed by atoms with Crippen LogP contribution in [0.4, 0.5) is 11.4 Å². The van der Waals surface area contributed by atoms with Crippen LogP contribution in [0.2, 0.25) is 0 Å². The maximum atomic E-state index is 12.4. The van der Waals surface area contributed by atoms with E-state index < -0.39 is 11.2 Å². The minimum absolute atomic E-state index is 0.0300.